The van der Waals surface area contributed by atoms with Gasteiger partial charge >= 0.3 is 0 Å². The van der Waals surface area contributed by atoms with E-state index in [9.17, 15) is 9.18 Å². The fraction of sp³-hybridized carbons (Fsp3) is 0.389. The van der Waals surface area contributed by atoms with Crippen molar-refractivity contribution in [3.05, 3.63) is 41.5 Å². The van der Waals surface area contributed by atoms with Crippen molar-refractivity contribution in [1.29, 1.82) is 0 Å². The molecule has 1 N–H and O–H groups in total. The number of nitrogens with one attached hydrogen (secondary N) is 1. The van der Waals surface area contributed by atoms with Gasteiger partial charge in [0.25, 0.3) is 11.9 Å². The molecule has 1 unspecified atom stereocenters. The number of benzene rings is 1. The third-order valence-electron chi connectivity index (χ3n) is 4.60. The molecule has 1 aliphatic heterocycles. The van der Waals surface area contributed by atoms with Crippen molar-refractivity contribution in [1.82, 2.24) is 20.1 Å². The van der Waals surface area contributed by atoms with Crippen LogP contribution < -0.4 is 10.2 Å². The fourth-order valence-electron chi connectivity index (χ4n) is 3.37. The molecule has 1 amide bonds. The number of oxazole rings is 1. The van der Waals surface area contributed by atoms with E-state index in [1.165, 1.54) is 12.1 Å². The number of hydrogen-bond donors (Lipinski definition) is 1. The highest BCUT2D eigenvalue weighted by atomic mass is 19.1. The summed E-state index contributed by atoms with van der Waals surface area (Å²) < 4.78 is 20.6. The zero-order valence-electron chi connectivity index (χ0n) is 14.7. The lowest BCUT2D eigenvalue weighted by molar-refractivity contribution is 0.0923. The number of hydrogen-bond acceptors (Lipinski definition) is 5. The molecule has 0 spiro atoms. The molecule has 136 valence electrons. The van der Waals surface area contributed by atoms with Gasteiger partial charge in [-0.15, -0.1) is 0 Å². The minimum absolute atomic E-state index is 0.0156. The Hall–Kier alpha value is -2.90. The van der Waals surface area contributed by atoms with Crippen molar-refractivity contribution in [3.63, 3.8) is 0 Å². The highest BCUT2D eigenvalue weighted by Gasteiger charge is 2.26. The molecule has 1 fully saturated rings. The zero-order chi connectivity index (χ0) is 18.3. The Kier molecular flexibility index (Phi) is 4.10. The number of carbonyl (C=O) groups excluding carboxylic acids is 1. The molecule has 1 aromatic carbocycles. The maximum absolute atomic E-state index is 13.3. The van der Waals surface area contributed by atoms with Crippen LogP contribution in [-0.2, 0) is 7.05 Å². The third kappa shape index (κ3) is 3.14. The molecule has 7 nitrogen and oxygen atoms in total. The van der Waals surface area contributed by atoms with Gasteiger partial charge in [-0.3, -0.25) is 9.48 Å². The molecule has 8 heteroatoms. The third-order valence-corrected chi connectivity index (χ3v) is 4.60. The van der Waals surface area contributed by atoms with Gasteiger partial charge in [-0.25, -0.2) is 4.39 Å². The summed E-state index contributed by atoms with van der Waals surface area (Å²) in [5.74, 6) is -0.491. The Bertz CT molecular complexity index is 964. The van der Waals surface area contributed by atoms with Crippen LogP contribution in [-0.4, -0.2) is 39.8 Å². The second-order valence-electron chi connectivity index (χ2n) is 6.66. The van der Waals surface area contributed by atoms with Crippen molar-refractivity contribution >= 4 is 23.0 Å². The first-order valence-corrected chi connectivity index (χ1v) is 8.62. The number of piperidine rings is 1. The monoisotopic (exact) mass is 357 g/mol. The molecule has 3 heterocycles. The Morgan fingerprint density at radius 2 is 2.23 bits per heavy atom. The average Bonchev–Trinajstić information content (AvgIpc) is 3.17. The number of aryl methyl sites for hydroxylation is 2. The lowest BCUT2D eigenvalue weighted by Crippen LogP contribution is -2.48. The van der Waals surface area contributed by atoms with E-state index in [1.807, 2.05) is 11.8 Å². The fourth-order valence-corrected chi connectivity index (χ4v) is 3.37. The van der Waals surface area contributed by atoms with Gasteiger partial charge in [0, 0.05) is 32.2 Å². The quantitative estimate of drug-likeness (QED) is 0.779. The minimum Gasteiger partial charge on any atom is -0.423 e. The van der Waals surface area contributed by atoms with Crippen molar-refractivity contribution in [3.8, 4) is 0 Å². The van der Waals surface area contributed by atoms with E-state index in [0.717, 1.165) is 25.1 Å². The van der Waals surface area contributed by atoms with Crippen LogP contribution in [0, 0.1) is 12.7 Å². The number of carbonyl (C=O) groups is 1. The van der Waals surface area contributed by atoms with Gasteiger partial charge in [0.1, 0.15) is 17.0 Å². The molecule has 0 bridgehead atoms. The van der Waals surface area contributed by atoms with E-state index in [4.69, 9.17) is 4.42 Å². The first kappa shape index (κ1) is 16.6. The molecule has 1 saturated heterocycles. The highest BCUT2D eigenvalue weighted by Crippen LogP contribution is 2.25. The molecule has 4 rings (SSSR count). The van der Waals surface area contributed by atoms with Gasteiger partial charge in [-0.2, -0.15) is 10.1 Å². The second-order valence-corrected chi connectivity index (χ2v) is 6.66. The smallest absolute Gasteiger partial charge is 0.298 e. The molecule has 3 aromatic rings. The van der Waals surface area contributed by atoms with E-state index in [0.29, 0.717) is 29.4 Å². The molecular formula is C18H20FN5O2. The number of amides is 1. The van der Waals surface area contributed by atoms with E-state index >= 15 is 0 Å². The van der Waals surface area contributed by atoms with E-state index in [1.54, 1.807) is 23.9 Å². The molecular weight excluding hydrogens is 337 g/mol. The predicted molar refractivity (Wildman–Crippen MR) is 94.6 cm³/mol. The maximum atomic E-state index is 13.3. The molecule has 1 aliphatic rings. The largest absolute Gasteiger partial charge is 0.423 e. The first-order chi connectivity index (χ1) is 12.5. The van der Waals surface area contributed by atoms with E-state index < -0.39 is 0 Å². The lowest BCUT2D eigenvalue weighted by Gasteiger charge is -2.32. The van der Waals surface area contributed by atoms with Gasteiger partial charge < -0.3 is 14.6 Å². The SMILES string of the molecule is Cc1cc(C(=O)NC2CCCN(c3nc4ccc(F)cc4o3)C2)n(C)n1. The summed E-state index contributed by atoms with van der Waals surface area (Å²) in [6, 6.07) is 6.51. The summed E-state index contributed by atoms with van der Waals surface area (Å²) >= 11 is 0. The summed E-state index contributed by atoms with van der Waals surface area (Å²) in [6.45, 7) is 3.24. The molecule has 26 heavy (non-hydrogen) atoms. The van der Waals surface area contributed by atoms with Crippen molar-refractivity contribution in [2.45, 2.75) is 25.8 Å². The Labute approximate surface area is 149 Å². The topological polar surface area (TPSA) is 76.2 Å². The first-order valence-electron chi connectivity index (χ1n) is 8.62. The van der Waals surface area contributed by atoms with Crippen LogP contribution in [0.3, 0.4) is 0 Å². The summed E-state index contributed by atoms with van der Waals surface area (Å²) in [7, 11) is 1.76. The Morgan fingerprint density at radius 3 is 3.00 bits per heavy atom. The summed E-state index contributed by atoms with van der Waals surface area (Å²) in [5, 5.41) is 7.27. The number of rotatable bonds is 3. The van der Waals surface area contributed by atoms with Crippen LogP contribution >= 0.6 is 0 Å². The van der Waals surface area contributed by atoms with Crippen LogP contribution in [0.2, 0.25) is 0 Å². The molecule has 1 atom stereocenters. The average molecular weight is 357 g/mol. The normalized spacial score (nSPS) is 17.7. The predicted octanol–water partition coefficient (Wildman–Crippen LogP) is 2.41. The number of nitrogens with zero attached hydrogens (tertiary/aromatic N) is 4. The van der Waals surface area contributed by atoms with Crippen LogP contribution in [0.1, 0.15) is 29.0 Å². The van der Waals surface area contributed by atoms with Crippen molar-refractivity contribution in [2.75, 3.05) is 18.0 Å². The van der Waals surface area contributed by atoms with Crippen LogP contribution in [0.5, 0.6) is 0 Å². The lowest BCUT2D eigenvalue weighted by atomic mass is 10.1. The van der Waals surface area contributed by atoms with Crippen molar-refractivity contribution < 1.29 is 13.6 Å². The van der Waals surface area contributed by atoms with Crippen LogP contribution in [0.15, 0.2) is 28.7 Å². The summed E-state index contributed by atoms with van der Waals surface area (Å²) in [5.41, 5.74) is 2.40. The maximum Gasteiger partial charge on any atom is 0.298 e. The summed E-state index contributed by atoms with van der Waals surface area (Å²) in [4.78, 5) is 18.9. The standard InChI is InChI=1S/C18H20FN5O2/c1-11-8-15(23(2)22-11)17(25)20-13-4-3-7-24(10-13)18-21-14-6-5-12(19)9-16(14)26-18/h5-6,8-9,13H,3-4,7,10H2,1-2H3,(H,20,25). The van der Waals surface area contributed by atoms with Crippen molar-refractivity contribution in [2.24, 2.45) is 7.05 Å². The van der Waals surface area contributed by atoms with Gasteiger partial charge in [0.15, 0.2) is 5.58 Å². The number of aromatic nitrogens is 3. The zero-order valence-corrected chi connectivity index (χ0v) is 14.7. The molecule has 0 aliphatic carbocycles. The number of anilines is 1. The second kappa shape index (κ2) is 6.44. The number of halogens is 1. The highest BCUT2D eigenvalue weighted by molar-refractivity contribution is 5.92. The van der Waals surface area contributed by atoms with Crippen LogP contribution in [0.25, 0.3) is 11.1 Å². The molecule has 0 saturated carbocycles. The molecule has 2 aromatic heterocycles. The van der Waals surface area contributed by atoms with Gasteiger partial charge in [0.05, 0.1) is 5.69 Å². The Morgan fingerprint density at radius 1 is 1.38 bits per heavy atom. The van der Waals surface area contributed by atoms with Crippen LogP contribution in [0.4, 0.5) is 10.4 Å². The number of fused-ring (bicyclic) bond motifs is 1. The Balaban J connectivity index is 1.48. The minimum atomic E-state index is -0.351. The van der Waals surface area contributed by atoms with Gasteiger partial charge in [0.2, 0.25) is 0 Å². The van der Waals surface area contributed by atoms with Gasteiger partial charge in [-0.05, 0) is 38.0 Å². The summed E-state index contributed by atoms with van der Waals surface area (Å²) in [6.07, 6.45) is 1.79. The molecule has 0 radical (unpaired) electrons. The van der Waals surface area contributed by atoms with E-state index in [2.05, 4.69) is 15.4 Å². The van der Waals surface area contributed by atoms with E-state index in [-0.39, 0.29) is 17.8 Å². The van der Waals surface area contributed by atoms with Gasteiger partial charge in [-0.1, -0.05) is 0 Å².